The maximum absolute atomic E-state index is 5.49. The number of benzene rings is 2. The predicted molar refractivity (Wildman–Crippen MR) is 114 cm³/mol. The Morgan fingerprint density at radius 3 is 2.14 bits per heavy atom. The van der Waals surface area contributed by atoms with Gasteiger partial charge in [0.1, 0.15) is 17.5 Å². The number of ether oxygens (including phenoxy) is 1. The summed E-state index contributed by atoms with van der Waals surface area (Å²) in [7, 11) is 0. The van der Waals surface area contributed by atoms with Crippen LogP contribution in [0.5, 0.6) is 0 Å². The van der Waals surface area contributed by atoms with Crippen molar-refractivity contribution in [3.8, 4) is 0 Å². The van der Waals surface area contributed by atoms with E-state index in [4.69, 9.17) is 4.74 Å². The van der Waals surface area contributed by atoms with E-state index in [1.807, 2.05) is 37.3 Å². The van der Waals surface area contributed by atoms with Gasteiger partial charge >= 0.3 is 0 Å². The van der Waals surface area contributed by atoms with Crippen LogP contribution >= 0.6 is 0 Å². The first-order valence-electron chi connectivity index (χ1n) is 9.56. The SMILES string of the molecule is Cc1nc(Nc2ccccc2C)cc(Nc2ccccc2N2CCOCC2)n1. The van der Waals surface area contributed by atoms with Crippen LogP contribution in [0.4, 0.5) is 28.7 Å². The molecule has 28 heavy (non-hydrogen) atoms. The first kappa shape index (κ1) is 18.3. The summed E-state index contributed by atoms with van der Waals surface area (Å²) in [4.78, 5) is 11.4. The minimum Gasteiger partial charge on any atom is -0.378 e. The van der Waals surface area contributed by atoms with Crippen LogP contribution in [0.15, 0.2) is 54.6 Å². The molecule has 0 aliphatic carbocycles. The van der Waals surface area contributed by atoms with Gasteiger partial charge in [-0.15, -0.1) is 0 Å². The number of rotatable bonds is 5. The molecule has 4 rings (SSSR count). The molecule has 1 fully saturated rings. The van der Waals surface area contributed by atoms with Crippen LogP contribution in [-0.4, -0.2) is 36.3 Å². The van der Waals surface area contributed by atoms with Crippen LogP contribution in [-0.2, 0) is 4.74 Å². The van der Waals surface area contributed by atoms with Gasteiger partial charge in [0, 0.05) is 24.8 Å². The third-order valence-corrected chi connectivity index (χ3v) is 4.76. The fourth-order valence-corrected chi connectivity index (χ4v) is 3.34. The van der Waals surface area contributed by atoms with Crippen molar-refractivity contribution in [2.75, 3.05) is 41.8 Å². The van der Waals surface area contributed by atoms with Gasteiger partial charge in [-0.05, 0) is 37.6 Å². The maximum Gasteiger partial charge on any atom is 0.136 e. The molecule has 2 aromatic carbocycles. The van der Waals surface area contributed by atoms with Crippen molar-refractivity contribution in [3.63, 3.8) is 0 Å². The zero-order valence-electron chi connectivity index (χ0n) is 16.3. The second-order valence-electron chi connectivity index (χ2n) is 6.87. The molecule has 1 saturated heterocycles. The molecule has 0 spiro atoms. The number of anilines is 5. The van der Waals surface area contributed by atoms with E-state index in [0.29, 0.717) is 5.82 Å². The van der Waals surface area contributed by atoms with Crippen LogP contribution in [0.25, 0.3) is 0 Å². The van der Waals surface area contributed by atoms with Gasteiger partial charge in [0.15, 0.2) is 0 Å². The summed E-state index contributed by atoms with van der Waals surface area (Å²) in [5, 5.41) is 6.88. The Morgan fingerprint density at radius 1 is 0.821 bits per heavy atom. The van der Waals surface area contributed by atoms with Crippen LogP contribution in [0.1, 0.15) is 11.4 Å². The lowest BCUT2D eigenvalue weighted by Gasteiger charge is -2.30. The molecule has 0 atom stereocenters. The number of hydrogen-bond donors (Lipinski definition) is 2. The van der Waals surface area contributed by atoms with E-state index in [0.717, 1.165) is 55.0 Å². The zero-order valence-corrected chi connectivity index (χ0v) is 16.3. The van der Waals surface area contributed by atoms with Gasteiger partial charge in [-0.1, -0.05) is 30.3 Å². The van der Waals surface area contributed by atoms with Gasteiger partial charge in [0.25, 0.3) is 0 Å². The molecular formula is C22H25N5O. The van der Waals surface area contributed by atoms with Crippen molar-refractivity contribution < 1.29 is 4.74 Å². The van der Waals surface area contributed by atoms with Crippen LogP contribution in [0.2, 0.25) is 0 Å². The Kier molecular flexibility index (Phi) is 5.39. The summed E-state index contributed by atoms with van der Waals surface area (Å²) in [6, 6.07) is 18.4. The Bertz CT molecular complexity index is 953. The number of nitrogens with zero attached hydrogens (tertiary/aromatic N) is 3. The third kappa shape index (κ3) is 4.23. The minimum absolute atomic E-state index is 0.713. The molecule has 0 amide bonds. The number of aryl methyl sites for hydroxylation is 2. The lowest BCUT2D eigenvalue weighted by Crippen LogP contribution is -2.36. The smallest absolute Gasteiger partial charge is 0.136 e. The van der Waals surface area contributed by atoms with E-state index >= 15 is 0 Å². The van der Waals surface area contributed by atoms with E-state index in [-0.39, 0.29) is 0 Å². The van der Waals surface area contributed by atoms with E-state index < -0.39 is 0 Å². The number of para-hydroxylation sites is 3. The Hall–Kier alpha value is -3.12. The van der Waals surface area contributed by atoms with Crippen molar-refractivity contribution in [1.29, 1.82) is 0 Å². The quantitative estimate of drug-likeness (QED) is 0.688. The highest BCUT2D eigenvalue weighted by Gasteiger charge is 2.15. The monoisotopic (exact) mass is 375 g/mol. The number of morpholine rings is 1. The Balaban J connectivity index is 1.59. The van der Waals surface area contributed by atoms with E-state index in [1.54, 1.807) is 0 Å². The largest absolute Gasteiger partial charge is 0.378 e. The normalized spacial score (nSPS) is 14.0. The number of hydrogen-bond acceptors (Lipinski definition) is 6. The molecule has 3 aromatic rings. The fourth-order valence-electron chi connectivity index (χ4n) is 3.34. The first-order chi connectivity index (χ1) is 13.7. The summed E-state index contributed by atoms with van der Waals surface area (Å²) in [5.74, 6) is 2.25. The molecule has 2 N–H and O–H groups in total. The van der Waals surface area contributed by atoms with E-state index in [1.165, 1.54) is 5.56 Å². The molecule has 0 unspecified atom stereocenters. The summed E-state index contributed by atoms with van der Waals surface area (Å²) in [5.41, 5.74) is 4.41. The lowest BCUT2D eigenvalue weighted by atomic mass is 10.2. The van der Waals surface area contributed by atoms with Crippen molar-refractivity contribution >= 4 is 28.7 Å². The van der Waals surface area contributed by atoms with Gasteiger partial charge in [-0.3, -0.25) is 0 Å². The van der Waals surface area contributed by atoms with Crippen molar-refractivity contribution in [3.05, 3.63) is 66.0 Å². The van der Waals surface area contributed by atoms with Gasteiger partial charge < -0.3 is 20.3 Å². The van der Waals surface area contributed by atoms with Gasteiger partial charge in [0.2, 0.25) is 0 Å². The maximum atomic E-state index is 5.49. The van der Waals surface area contributed by atoms with Crippen molar-refractivity contribution in [2.45, 2.75) is 13.8 Å². The topological polar surface area (TPSA) is 62.3 Å². The zero-order chi connectivity index (χ0) is 19.3. The minimum atomic E-state index is 0.713. The second kappa shape index (κ2) is 8.27. The summed E-state index contributed by atoms with van der Waals surface area (Å²) in [6.07, 6.45) is 0. The van der Waals surface area contributed by atoms with Crippen LogP contribution in [0, 0.1) is 13.8 Å². The molecule has 1 aromatic heterocycles. The first-order valence-corrected chi connectivity index (χ1v) is 9.56. The average Bonchev–Trinajstić information content (AvgIpc) is 2.70. The molecule has 0 bridgehead atoms. The Morgan fingerprint density at radius 2 is 1.43 bits per heavy atom. The number of aromatic nitrogens is 2. The molecule has 0 radical (unpaired) electrons. The second-order valence-corrected chi connectivity index (χ2v) is 6.87. The molecule has 6 nitrogen and oxygen atoms in total. The Labute approximate surface area is 165 Å². The highest BCUT2D eigenvalue weighted by Crippen LogP contribution is 2.29. The molecule has 2 heterocycles. The molecule has 6 heteroatoms. The highest BCUT2D eigenvalue weighted by atomic mass is 16.5. The highest BCUT2D eigenvalue weighted by molar-refractivity contribution is 5.75. The van der Waals surface area contributed by atoms with Gasteiger partial charge in [0.05, 0.1) is 24.6 Å². The van der Waals surface area contributed by atoms with E-state index in [9.17, 15) is 0 Å². The molecule has 144 valence electrons. The van der Waals surface area contributed by atoms with Crippen molar-refractivity contribution in [2.24, 2.45) is 0 Å². The average molecular weight is 375 g/mol. The van der Waals surface area contributed by atoms with Crippen LogP contribution in [0.3, 0.4) is 0 Å². The third-order valence-electron chi connectivity index (χ3n) is 4.76. The lowest BCUT2D eigenvalue weighted by molar-refractivity contribution is 0.123. The standard InChI is InChI=1S/C22H25N5O/c1-16-7-3-4-8-18(16)25-21-15-22(24-17(2)23-21)26-19-9-5-6-10-20(19)27-11-13-28-14-12-27/h3-10,15H,11-14H2,1-2H3,(H2,23,24,25,26). The van der Waals surface area contributed by atoms with Crippen molar-refractivity contribution in [1.82, 2.24) is 9.97 Å². The molecule has 1 aliphatic rings. The molecule has 1 aliphatic heterocycles. The molecule has 0 saturated carbocycles. The van der Waals surface area contributed by atoms with Gasteiger partial charge in [-0.2, -0.15) is 0 Å². The molecular weight excluding hydrogens is 350 g/mol. The fraction of sp³-hybridized carbons (Fsp3) is 0.273. The van der Waals surface area contributed by atoms with E-state index in [2.05, 4.69) is 56.7 Å². The summed E-state index contributed by atoms with van der Waals surface area (Å²) in [6.45, 7) is 7.27. The summed E-state index contributed by atoms with van der Waals surface area (Å²) >= 11 is 0. The van der Waals surface area contributed by atoms with Crippen LogP contribution < -0.4 is 15.5 Å². The summed E-state index contributed by atoms with van der Waals surface area (Å²) < 4.78 is 5.49. The van der Waals surface area contributed by atoms with Gasteiger partial charge in [-0.25, -0.2) is 9.97 Å². The predicted octanol–water partition coefficient (Wildman–Crippen LogP) is 4.42. The number of nitrogens with one attached hydrogen (secondary N) is 2.